The number of rotatable bonds is 6. The van der Waals surface area contributed by atoms with Gasteiger partial charge in [0.1, 0.15) is 5.75 Å². The van der Waals surface area contributed by atoms with Crippen LogP contribution < -0.4 is 10.1 Å². The molecule has 17 heavy (non-hydrogen) atoms. The molecule has 0 heterocycles. The van der Waals surface area contributed by atoms with Crippen LogP contribution in [0.25, 0.3) is 0 Å². The Labute approximate surface area is 104 Å². The molecule has 1 aromatic rings. The molecule has 0 aliphatic carbocycles. The molecule has 96 valence electrons. The van der Waals surface area contributed by atoms with Crippen molar-refractivity contribution >= 4 is 0 Å². The summed E-state index contributed by atoms with van der Waals surface area (Å²) < 4.78 is 10.6. The predicted octanol–water partition coefficient (Wildman–Crippen LogP) is 2.77. The molecular weight excluding hydrogens is 214 g/mol. The summed E-state index contributed by atoms with van der Waals surface area (Å²) in [6.45, 7) is 7.06. The van der Waals surface area contributed by atoms with Crippen LogP contribution >= 0.6 is 0 Å². The Morgan fingerprint density at radius 3 is 2.47 bits per heavy atom. The van der Waals surface area contributed by atoms with Gasteiger partial charge in [-0.15, -0.1) is 0 Å². The number of ether oxygens (including phenoxy) is 2. The molecule has 1 rings (SSSR count). The molecule has 0 aliphatic rings. The molecule has 0 amide bonds. The van der Waals surface area contributed by atoms with Crippen LogP contribution in [0, 0.1) is 0 Å². The zero-order valence-electron chi connectivity index (χ0n) is 11.4. The Morgan fingerprint density at radius 2 is 1.88 bits per heavy atom. The maximum Gasteiger partial charge on any atom is 0.123 e. The largest absolute Gasteiger partial charge is 0.496 e. The minimum Gasteiger partial charge on any atom is -0.496 e. The molecule has 3 nitrogen and oxygen atoms in total. The third kappa shape index (κ3) is 4.02. The highest BCUT2D eigenvalue weighted by molar-refractivity contribution is 5.35. The first-order chi connectivity index (χ1) is 8.00. The molecule has 0 radical (unpaired) electrons. The van der Waals surface area contributed by atoms with Gasteiger partial charge in [0, 0.05) is 24.3 Å². The third-order valence-corrected chi connectivity index (χ3v) is 2.72. The van der Waals surface area contributed by atoms with Crippen molar-refractivity contribution in [2.24, 2.45) is 0 Å². The van der Waals surface area contributed by atoms with E-state index >= 15 is 0 Å². The van der Waals surface area contributed by atoms with E-state index in [0.717, 1.165) is 5.75 Å². The van der Waals surface area contributed by atoms with Crippen LogP contribution in [-0.4, -0.2) is 26.4 Å². The Morgan fingerprint density at radius 1 is 1.24 bits per heavy atom. The van der Waals surface area contributed by atoms with Gasteiger partial charge in [0.15, 0.2) is 0 Å². The first-order valence-corrected chi connectivity index (χ1v) is 5.89. The highest BCUT2D eigenvalue weighted by Crippen LogP contribution is 2.25. The Hall–Kier alpha value is -1.06. The number of benzene rings is 1. The summed E-state index contributed by atoms with van der Waals surface area (Å²) in [5.41, 5.74) is 1.11. The molecule has 0 fully saturated rings. The van der Waals surface area contributed by atoms with E-state index in [1.54, 1.807) is 14.2 Å². The molecule has 0 aromatic heterocycles. The second-order valence-electron chi connectivity index (χ2n) is 4.92. The zero-order valence-corrected chi connectivity index (χ0v) is 11.4. The van der Waals surface area contributed by atoms with Gasteiger partial charge in [-0.3, -0.25) is 0 Å². The van der Waals surface area contributed by atoms with Crippen LogP contribution in [0.3, 0.4) is 0 Å². The number of nitrogens with one attached hydrogen (secondary N) is 1. The standard InChI is InChI=1S/C14H23NO2/c1-11(15-14(2,3)10-16-4)12-8-6-7-9-13(12)17-5/h6-9,11,15H,10H2,1-5H3/t11-/m1/s1. The number of hydrogen-bond acceptors (Lipinski definition) is 3. The van der Waals surface area contributed by atoms with E-state index in [4.69, 9.17) is 9.47 Å². The van der Waals surface area contributed by atoms with Crippen LogP contribution in [0.5, 0.6) is 5.75 Å². The molecule has 1 atom stereocenters. The van der Waals surface area contributed by atoms with Gasteiger partial charge in [-0.2, -0.15) is 0 Å². The van der Waals surface area contributed by atoms with Crippen molar-refractivity contribution in [3.8, 4) is 5.75 Å². The molecule has 0 unspecified atom stereocenters. The first-order valence-electron chi connectivity index (χ1n) is 5.89. The van der Waals surface area contributed by atoms with Gasteiger partial charge in [-0.25, -0.2) is 0 Å². The van der Waals surface area contributed by atoms with E-state index in [9.17, 15) is 0 Å². The summed E-state index contributed by atoms with van der Waals surface area (Å²) >= 11 is 0. The van der Waals surface area contributed by atoms with Crippen molar-refractivity contribution in [1.82, 2.24) is 5.32 Å². The zero-order chi connectivity index (χ0) is 12.9. The monoisotopic (exact) mass is 237 g/mol. The quantitative estimate of drug-likeness (QED) is 0.825. The average molecular weight is 237 g/mol. The smallest absolute Gasteiger partial charge is 0.123 e. The van der Waals surface area contributed by atoms with E-state index in [0.29, 0.717) is 6.61 Å². The predicted molar refractivity (Wildman–Crippen MR) is 70.5 cm³/mol. The minimum absolute atomic E-state index is 0.0605. The van der Waals surface area contributed by atoms with Crippen molar-refractivity contribution in [3.63, 3.8) is 0 Å². The van der Waals surface area contributed by atoms with E-state index in [2.05, 4.69) is 32.2 Å². The van der Waals surface area contributed by atoms with Crippen molar-refractivity contribution in [2.45, 2.75) is 32.4 Å². The van der Waals surface area contributed by atoms with Crippen LogP contribution in [0.2, 0.25) is 0 Å². The van der Waals surface area contributed by atoms with Gasteiger partial charge >= 0.3 is 0 Å². The van der Waals surface area contributed by atoms with Crippen LogP contribution in [-0.2, 0) is 4.74 Å². The van der Waals surface area contributed by atoms with Gasteiger partial charge in [-0.05, 0) is 26.8 Å². The lowest BCUT2D eigenvalue weighted by Gasteiger charge is -2.30. The molecule has 0 bridgehead atoms. The molecule has 0 spiro atoms. The van der Waals surface area contributed by atoms with E-state index in [-0.39, 0.29) is 11.6 Å². The van der Waals surface area contributed by atoms with Crippen molar-refractivity contribution in [2.75, 3.05) is 20.8 Å². The Bertz CT molecular complexity index is 350. The molecule has 0 aliphatic heterocycles. The number of hydrogen-bond donors (Lipinski definition) is 1. The summed E-state index contributed by atoms with van der Waals surface area (Å²) in [6.07, 6.45) is 0. The molecule has 0 saturated heterocycles. The van der Waals surface area contributed by atoms with E-state index in [1.165, 1.54) is 5.56 Å². The van der Waals surface area contributed by atoms with Gasteiger partial charge < -0.3 is 14.8 Å². The highest BCUT2D eigenvalue weighted by Gasteiger charge is 2.21. The van der Waals surface area contributed by atoms with E-state index < -0.39 is 0 Å². The van der Waals surface area contributed by atoms with Gasteiger partial charge in [0.2, 0.25) is 0 Å². The normalized spacial score (nSPS) is 13.5. The summed E-state index contributed by atoms with van der Waals surface area (Å²) in [5, 5.41) is 3.54. The summed E-state index contributed by atoms with van der Waals surface area (Å²) in [4.78, 5) is 0. The van der Waals surface area contributed by atoms with Crippen molar-refractivity contribution < 1.29 is 9.47 Å². The molecular formula is C14H23NO2. The lowest BCUT2D eigenvalue weighted by molar-refractivity contribution is 0.122. The van der Waals surface area contributed by atoms with Crippen LogP contribution in [0.1, 0.15) is 32.4 Å². The first kappa shape index (κ1) is 14.0. The highest BCUT2D eigenvalue weighted by atomic mass is 16.5. The van der Waals surface area contributed by atoms with Crippen LogP contribution in [0.15, 0.2) is 24.3 Å². The molecule has 1 aromatic carbocycles. The van der Waals surface area contributed by atoms with Gasteiger partial charge in [0.05, 0.1) is 13.7 Å². The topological polar surface area (TPSA) is 30.5 Å². The molecule has 0 saturated carbocycles. The van der Waals surface area contributed by atoms with E-state index in [1.807, 2.05) is 18.2 Å². The fourth-order valence-corrected chi connectivity index (χ4v) is 2.09. The summed E-state index contributed by atoms with van der Waals surface area (Å²) in [7, 11) is 3.42. The lowest BCUT2D eigenvalue weighted by atomic mass is 10.0. The fraction of sp³-hybridized carbons (Fsp3) is 0.571. The summed E-state index contributed by atoms with van der Waals surface area (Å²) in [5.74, 6) is 0.917. The maximum atomic E-state index is 5.37. The van der Waals surface area contributed by atoms with Crippen molar-refractivity contribution in [3.05, 3.63) is 29.8 Å². The second-order valence-corrected chi connectivity index (χ2v) is 4.92. The molecule has 1 N–H and O–H groups in total. The Kier molecular flexibility index (Phi) is 4.97. The number of methoxy groups -OCH3 is 2. The van der Waals surface area contributed by atoms with Gasteiger partial charge in [0.25, 0.3) is 0 Å². The maximum absolute atomic E-state index is 5.37. The van der Waals surface area contributed by atoms with Crippen molar-refractivity contribution in [1.29, 1.82) is 0 Å². The fourth-order valence-electron chi connectivity index (χ4n) is 2.09. The lowest BCUT2D eigenvalue weighted by Crippen LogP contribution is -2.44. The number of para-hydroxylation sites is 1. The third-order valence-electron chi connectivity index (χ3n) is 2.72. The SMILES string of the molecule is COCC(C)(C)N[C@H](C)c1ccccc1OC. The van der Waals surface area contributed by atoms with Crippen LogP contribution in [0.4, 0.5) is 0 Å². The molecule has 3 heteroatoms. The minimum atomic E-state index is -0.0605. The average Bonchev–Trinajstić information content (AvgIpc) is 2.28. The Balaban J connectivity index is 2.79. The second kappa shape index (κ2) is 6.03. The summed E-state index contributed by atoms with van der Waals surface area (Å²) in [6, 6.07) is 8.29. The van der Waals surface area contributed by atoms with Gasteiger partial charge in [-0.1, -0.05) is 18.2 Å².